The van der Waals surface area contributed by atoms with Crippen LogP contribution >= 0.6 is 23.2 Å². The third-order valence-electron chi connectivity index (χ3n) is 10.1. The quantitative estimate of drug-likeness (QED) is 0.0933. The van der Waals surface area contributed by atoms with Gasteiger partial charge in [0.25, 0.3) is 0 Å². The van der Waals surface area contributed by atoms with Crippen molar-refractivity contribution < 1.29 is 42.1 Å². The molecule has 0 bridgehead atoms. The van der Waals surface area contributed by atoms with E-state index in [-0.39, 0.29) is 73.7 Å². The molecule has 3 atom stereocenters. The van der Waals surface area contributed by atoms with Gasteiger partial charge in [-0.25, -0.2) is 18.4 Å². The zero-order valence-corrected chi connectivity index (χ0v) is 44.3. The van der Waals surface area contributed by atoms with Crippen LogP contribution in [-0.4, -0.2) is 117 Å². The number of hydrogen-bond acceptors (Lipinski definition) is 14. The molecule has 6 rings (SSSR count). The molecule has 0 spiro atoms. The Morgan fingerprint density at radius 2 is 1.42 bits per heavy atom. The Morgan fingerprint density at radius 1 is 0.849 bits per heavy atom. The average molecular weight is 1060 g/mol. The summed E-state index contributed by atoms with van der Waals surface area (Å²) in [6, 6.07) is 8.55. The number of aromatic nitrogens is 2. The molecule has 406 valence electrons. The fourth-order valence-electron chi connectivity index (χ4n) is 6.74. The van der Waals surface area contributed by atoms with Crippen LogP contribution in [0.4, 0.5) is 19.3 Å². The number of rotatable bonds is 11. The molecule has 3 aliphatic rings. The molecule has 73 heavy (non-hydrogen) atoms. The minimum Gasteiger partial charge on any atom is -0.488 e. The van der Waals surface area contributed by atoms with Crippen molar-refractivity contribution in [2.75, 3.05) is 26.2 Å². The maximum Gasteiger partial charge on any atom is 0.410 e. The fraction of sp³-hybridized carbons (Fsp3) is 0.538. The summed E-state index contributed by atoms with van der Waals surface area (Å²) >= 11 is 11.2. The maximum absolute atomic E-state index is 13.3. The van der Waals surface area contributed by atoms with Crippen molar-refractivity contribution in [2.24, 2.45) is 26.4 Å². The number of hydrogen-bond donors (Lipinski definition) is 3. The number of isocyanates is 1. The number of nitrogens with one attached hydrogen (secondary N) is 1. The summed E-state index contributed by atoms with van der Waals surface area (Å²) in [5.74, 6) is 0.882. The molecule has 5 N–H and O–H groups in total. The van der Waals surface area contributed by atoms with Crippen molar-refractivity contribution in [1.29, 1.82) is 0 Å². The van der Waals surface area contributed by atoms with Crippen LogP contribution in [-0.2, 0) is 43.3 Å². The van der Waals surface area contributed by atoms with Gasteiger partial charge in [0.1, 0.15) is 17.2 Å². The Bertz CT molecular complexity index is 2430. The highest BCUT2D eigenvalue weighted by atomic mass is 35.5. The summed E-state index contributed by atoms with van der Waals surface area (Å²) in [7, 11) is 0. The Balaban J connectivity index is 0.000000504. The first-order valence-electron chi connectivity index (χ1n) is 23.3. The molecular formula is C52H78Cl2F2N10O7. The van der Waals surface area contributed by atoms with Gasteiger partial charge in [-0.05, 0) is 119 Å². The smallest absolute Gasteiger partial charge is 0.410 e. The number of halogens is 4. The topological polar surface area (TPSA) is 214 Å². The van der Waals surface area contributed by atoms with Gasteiger partial charge in [-0.3, -0.25) is 24.4 Å². The van der Waals surface area contributed by atoms with E-state index >= 15 is 0 Å². The van der Waals surface area contributed by atoms with Gasteiger partial charge in [0, 0.05) is 31.0 Å². The van der Waals surface area contributed by atoms with Crippen LogP contribution in [0.1, 0.15) is 109 Å². The van der Waals surface area contributed by atoms with E-state index in [1.54, 1.807) is 17.2 Å². The van der Waals surface area contributed by atoms with Gasteiger partial charge in [0.2, 0.25) is 12.0 Å². The van der Waals surface area contributed by atoms with Crippen molar-refractivity contribution in [3.05, 3.63) is 99.5 Å². The molecule has 3 aromatic rings. The predicted octanol–water partition coefficient (Wildman–Crippen LogP) is 10.1. The van der Waals surface area contributed by atoms with Crippen LogP contribution < -0.4 is 21.5 Å². The van der Waals surface area contributed by atoms with Gasteiger partial charge in [0.05, 0.1) is 103 Å². The molecule has 0 saturated carbocycles. The van der Waals surface area contributed by atoms with E-state index in [1.165, 1.54) is 42.7 Å². The average Bonchev–Trinajstić information content (AvgIpc) is 3.67. The lowest BCUT2D eigenvalue weighted by molar-refractivity contribution is -0.134. The second-order valence-corrected chi connectivity index (χ2v) is 19.4. The van der Waals surface area contributed by atoms with E-state index in [9.17, 15) is 23.2 Å². The van der Waals surface area contributed by atoms with Crippen LogP contribution in [0.25, 0.3) is 0 Å². The van der Waals surface area contributed by atoms with Gasteiger partial charge in [-0.2, -0.15) is 10.1 Å². The van der Waals surface area contributed by atoms with Crippen molar-refractivity contribution in [2.45, 2.75) is 159 Å². The third kappa shape index (κ3) is 21.5. The molecule has 2 aromatic carbocycles. The Labute approximate surface area is 441 Å². The summed E-state index contributed by atoms with van der Waals surface area (Å²) in [6.07, 6.45) is 5.91. The molecule has 1 aromatic heterocycles. The summed E-state index contributed by atoms with van der Waals surface area (Å²) in [4.78, 5) is 50.3. The molecule has 3 aliphatic heterocycles. The van der Waals surface area contributed by atoms with E-state index < -0.39 is 17.2 Å². The molecule has 3 unspecified atom stereocenters. The van der Waals surface area contributed by atoms with E-state index in [0.29, 0.717) is 66.5 Å². The number of nitrogens with zero attached hydrogens (tertiary/aromatic N) is 7. The monoisotopic (exact) mass is 1060 g/mol. The first-order chi connectivity index (χ1) is 33.3. The Morgan fingerprint density at radius 3 is 1.93 bits per heavy atom. The maximum atomic E-state index is 13.3. The van der Waals surface area contributed by atoms with E-state index in [2.05, 4.69) is 32.3 Å². The Kier molecular flexibility index (Phi) is 27.5. The largest absolute Gasteiger partial charge is 0.488 e. The normalized spacial score (nSPS) is 17.5. The highest BCUT2D eigenvalue weighted by Gasteiger charge is 2.32. The second-order valence-electron chi connectivity index (χ2n) is 18.6. The van der Waals surface area contributed by atoms with Crippen LogP contribution in [0.2, 0.25) is 10.0 Å². The number of fused-ring (bicyclic) bond motifs is 1. The third-order valence-corrected chi connectivity index (χ3v) is 10.7. The number of aliphatic imine (C=N–C) groups is 3. The molecule has 4 heterocycles. The van der Waals surface area contributed by atoms with Gasteiger partial charge in [-0.1, -0.05) is 44.1 Å². The molecule has 0 aliphatic carbocycles. The zero-order chi connectivity index (χ0) is 53.2. The molecule has 0 radical (unpaired) electrons. The first kappa shape index (κ1) is 65.0. The fourth-order valence-corrected chi connectivity index (χ4v) is 7.12. The lowest BCUT2D eigenvalue weighted by atomic mass is 10.1. The summed E-state index contributed by atoms with van der Waals surface area (Å²) in [5, 5.41) is 7.64. The van der Waals surface area contributed by atoms with Gasteiger partial charge < -0.3 is 40.6 Å². The highest BCUT2D eigenvalue weighted by molar-refractivity contribution is 6.31. The number of carbonyl (C=O) groups is 2. The van der Waals surface area contributed by atoms with Crippen LogP contribution in [0, 0.1) is 11.6 Å². The number of nitrogens with two attached hydrogens (primary N) is 2. The lowest BCUT2D eigenvalue weighted by Gasteiger charge is -2.34. The van der Waals surface area contributed by atoms with Crippen LogP contribution in [0.3, 0.4) is 0 Å². The molecular weight excluding hydrogens is 986 g/mol. The van der Waals surface area contributed by atoms with E-state index in [0.717, 1.165) is 30.6 Å². The zero-order valence-electron chi connectivity index (χ0n) is 42.8. The van der Waals surface area contributed by atoms with Crippen molar-refractivity contribution in [3.8, 4) is 5.75 Å². The summed E-state index contributed by atoms with van der Waals surface area (Å²) in [5.41, 5.74) is 14.1. The predicted molar refractivity (Wildman–Crippen MR) is 287 cm³/mol. The number of carbonyl (C=O) groups excluding carboxylic acids is 3. The molecule has 0 fully saturated rings. The number of benzene rings is 2. The molecule has 21 heteroatoms. The standard InChI is InChI=1S/C18H21ClFN3O2.C15H27N3O3.C10H19N3O.C7H3ClFNO.2CH4/c1-11(2)25-17-8-21-23-9-12(3)22(10-16(17)23)18(24)7-13-4-5-15(20)14(19)6-13;1-10(2)20-13(7-16)12-9-18(11(3)8-17-12)14(19)21-15(4,5)6;1-7(2)14-10(4-11)9-6-12-8(3)5-13-9;8-6-3-5(10-4-11)1-2-7(6)9;;/h4-6,8,11-12H,7,9-10H2,1-3H3;7,10-11H,8-9,16H2,1-6H3;4,7-8,12H,5-6,11H2,1-3H3;1-3H;2*1H4. The van der Waals surface area contributed by atoms with E-state index in [4.69, 9.17) is 53.6 Å². The molecule has 0 saturated heterocycles. The van der Waals surface area contributed by atoms with Crippen molar-refractivity contribution in [1.82, 2.24) is 24.9 Å². The SMILES string of the molecule is C.C.CC(C)OC(=CN)C1=NCC(C)N(C(=O)OC(C)(C)C)C1.CC(C)Oc1cnn2c1CN(C(=O)Cc1ccc(F)c(Cl)c1)C(C)C2.CC1CN=C(C(=CN)OC(C)C)CN1.O=C=Nc1ccc(F)c(Cl)c1. The number of ether oxygens (including phenoxy) is 4. The van der Waals surface area contributed by atoms with Gasteiger partial charge in [-0.15, -0.1) is 0 Å². The molecule has 2 amide bonds. The van der Waals surface area contributed by atoms with Crippen LogP contribution in [0.15, 0.2) is 81.5 Å². The van der Waals surface area contributed by atoms with Crippen LogP contribution in [0.5, 0.6) is 5.75 Å². The van der Waals surface area contributed by atoms with Crippen molar-refractivity contribution in [3.63, 3.8) is 0 Å². The summed E-state index contributed by atoms with van der Waals surface area (Å²) < 4.78 is 50.0. The lowest BCUT2D eigenvalue weighted by Crippen LogP contribution is -2.49. The minimum absolute atomic E-state index is 0. The van der Waals surface area contributed by atoms with E-state index in [1.807, 2.05) is 85.7 Å². The first-order valence-corrected chi connectivity index (χ1v) is 24.1. The second kappa shape index (κ2) is 30.9. The minimum atomic E-state index is -0.531. The number of amides is 2. The summed E-state index contributed by atoms with van der Waals surface area (Å²) in [6.45, 7) is 26.7. The van der Waals surface area contributed by atoms with Crippen molar-refractivity contribution >= 4 is 58.4 Å². The molecule has 17 nitrogen and oxygen atoms in total. The highest BCUT2D eigenvalue weighted by Crippen LogP contribution is 2.28. The Hall–Kier alpha value is -6.01. The van der Waals surface area contributed by atoms with Gasteiger partial charge >= 0.3 is 6.09 Å². The van der Waals surface area contributed by atoms with Gasteiger partial charge in [0.15, 0.2) is 17.3 Å².